The van der Waals surface area contributed by atoms with E-state index >= 15 is 0 Å². The fraction of sp³-hybridized carbons (Fsp3) is 0.182. The number of hydrogen-bond acceptors (Lipinski definition) is 4. The fourth-order valence-electron chi connectivity index (χ4n) is 1.53. The number of carboxylic acids is 1. The van der Waals surface area contributed by atoms with Gasteiger partial charge in [-0.15, -0.1) is 5.10 Å². The van der Waals surface area contributed by atoms with Crippen LogP contribution >= 0.6 is 0 Å². The molecule has 1 aromatic carbocycles. The van der Waals surface area contributed by atoms with Crippen LogP contribution in [0.4, 0.5) is 23.2 Å². The zero-order chi connectivity index (χ0) is 15.6. The van der Waals surface area contributed by atoms with E-state index in [4.69, 9.17) is 5.11 Å². The molecule has 0 saturated carbocycles. The highest BCUT2D eigenvalue weighted by Crippen LogP contribution is 2.23. The Morgan fingerprint density at radius 3 is 2.38 bits per heavy atom. The zero-order valence-electron chi connectivity index (χ0n) is 10.3. The van der Waals surface area contributed by atoms with Crippen LogP contribution in [0.5, 0.6) is 0 Å². The van der Waals surface area contributed by atoms with E-state index in [1.165, 1.54) is 0 Å². The second-order valence-corrected chi connectivity index (χ2v) is 3.94. The molecule has 0 atom stereocenters. The Morgan fingerprint density at radius 2 is 1.86 bits per heavy atom. The smallest absolute Gasteiger partial charge is 0.358 e. The summed E-state index contributed by atoms with van der Waals surface area (Å²) in [6, 6.07) is 0.104. The van der Waals surface area contributed by atoms with Crippen LogP contribution in [0.15, 0.2) is 12.3 Å². The molecule has 1 aromatic heterocycles. The van der Waals surface area contributed by atoms with Gasteiger partial charge in [0.05, 0.1) is 12.7 Å². The SMILES string of the molecule is O=C(O)c1cn(CCNc2c(F)c(F)cc(F)c2F)nn1. The molecule has 2 rings (SSSR count). The van der Waals surface area contributed by atoms with Crippen LogP contribution in [-0.4, -0.2) is 32.6 Å². The number of rotatable bonds is 5. The molecule has 10 heteroatoms. The van der Waals surface area contributed by atoms with Crippen molar-refractivity contribution in [2.75, 3.05) is 11.9 Å². The number of hydrogen-bond donors (Lipinski definition) is 2. The van der Waals surface area contributed by atoms with Gasteiger partial charge in [-0.05, 0) is 0 Å². The van der Waals surface area contributed by atoms with E-state index in [9.17, 15) is 22.4 Å². The number of aromatic nitrogens is 3. The molecule has 2 aromatic rings. The summed E-state index contributed by atoms with van der Waals surface area (Å²) in [5.41, 5.74) is -1.24. The Balaban J connectivity index is 2.05. The van der Waals surface area contributed by atoms with Crippen molar-refractivity contribution in [3.05, 3.63) is 41.2 Å². The highest BCUT2D eigenvalue weighted by atomic mass is 19.2. The summed E-state index contributed by atoms with van der Waals surface area (Å²) in [6.07, 6.45) is 1.10. The van der Waals surface area contributed by atoms with Crippen LogP contribution < -0.4 is 5.32 Å². The lowest BCUT2D eigenvalue weighted by Gasteiger charge is -2.09. The van der Waals surface area contributed by atoms with Gasteiger partial charge in [0.2, 0.25) is 0 Å². The lowest BCUT2D eigenvalue weighted by molar-refractivity contribution is 0.0690. The lowest BCUT2D eigenvalue weighted by atomic mass is 10.2. The largest absolute Gasteiger partial charge is 0.476 e. The Hall–Kier alpha value is -2.65. The molecule has 0 aliphatic carbocycles. The number of carboxylic acid groups (broad SMARTS) is 1. The summed E-state index contributed by atoms with van der Waals surface area (Å²) in [6.45, 7) is -0.170. The van der Waals surface area contributed by atoms with Gasteiger partial charge < -0.3 is 10.4 Å². The minimum Gasteiger partial charge on any atom is -0.476 e. The number of nitrogens with zero attached hydrogens (tertiary/aromatic N) is 3. The Morgan fingerprint density at radius 1 is 1.24 bits per heavy atom. The second-order valence-electron chi connectivity index (χ2n) is 3.94. The summed E-state index contributed by atoms with van der Waals surface area (Å²) < 4.78 is 53.6. The van der Waals surface area contributed by atoms with E-state index in [2.05, 4.69) is 15.6 Å². The van der Waals surface area contributed by atoms with E-state index in [1.54, 1.807) is 0 Å². The lowest BCUT2D eigenvalue weighted by Crippen LogP contribution is -2.14. The minimum atomic E-state index is -1.54. The first-order chi connectivity index (χ1) is 9.90. The third-order valence-corrected chi connectivity index (χ3v) is 2.51. The van der Waals surface area contributed by atoms with Crippen LogP contribution in [0.1, 0.15) is 10.5 Å². The average Bonchev–Trinajstić information content (AvgIpc) is 2.89. The molecular formula is C11H8F4N4O2. The monoisotopic (exact) mass is 304 g/mol. The summed E-state index contributed by atoms with van der Waals surface area (Å²) in [4.78, 5) is 10.6. The maximum atomic E-state index is 13.3. The molecular weight excluding hydrogens is 296 g/mol. The molecule has 0 fully saturated rings. The van der Waals surface area contributed by atoms with Crippen molar-refractivity contribution in [1.29, 1.82) is 0 Å². The predicted molar refractivity (Wildman–Crippen MR) is 61.7 cm³/mol. The van der Waals surface area contributed by atoms with Crippen LogP contribution in [0, 0.1) is 23.3 Å². The highest BCUT2D eigenvalue weighted by Gasteiger charge is 2.18. The number of nitrogens with one attached hydrogen (secondary N) is 1. The number of halogens is 4. The van der Waals surface area contributed by atoms with E-state index in [-0.39, 0.29) is 24.8 Å². The number of benzene rings is 1. The quantitative estimate of drug-likeness (QED) is 0.648. The summed E-state index contributed by atoms with van der Waals surface area (Å²) in [5.74, 6) is -7.41. The summed E-state index contributed by atoms with van der Waals surface area (Å²) in [5, 5.41) is 17.6. The van der Waals surface area contributed by atoms with Crippen molar-refractivity contribution in [3.8, 4) is 0 Å². The van der Waals surface area contributed by atoms with Crippen molar-refractivity contribution < 1.29 is 27.5 Å². The maximum Gasteiger partial charge on any atom is 0.358 e. The van der Waals surface area contributed by atoms with E-state index in [0.29, 0.717) is 0 Å². The van der Waals surface area contributed by atoms with Gasteiger partial charge in [0.15, 0.2) is 29.0 Å². The molecule has 0 bridgehead atoms. The van der Waals surface area contributed by atoms with Gasteiger partial charge in [-0.25, -0.2) is 27.0 Å². The maximum absolute atomic E-state index is 13.3. The Bertz CT molecular complexity index is 663. The fourth-order valence-corrected chi connectivity index (χ4v) is 1.53. The molecule has 0 aliphatic rings. The average molecular weight is 304 g/mol. The molecule has 0 saturated heterocycles. The first-order valence-corrected chi connectivity index (χ1v) is 5.60. The van der Waals surface area contributed by atoms with Gasteiger partial charge in [-0.2, -0.15) is 0 Å². The molecule has 2 N–H and O–H groups in total. The molecule has 21 heavy (non-hydrogen) atoms. The van der Waals surface area contributed by atoms with Crippen molar-refractivity contribution in [3.63, 3.8) is 0 Å². The van der Waals surface area contributed by atoms with Crippen LogP contribution in [0.3, 0.4) is 0 Å². The van der Waals surface area contributed by atoms with Crippen molar-refractivity contribution in [1.82, 2.24) is 15.0 Å². The van der Waals surface area contributed by atoms with E-state index in [1.807, 2.05) is 0 Å². The number of carbonyl (C=O) groups is 1. The van der Waals surface area contributed by atoms with Gasteiger partial charge in [0.25, 0.3) is 0 Å². The molecule has 0 aliphatic heterocycles. The van der Waals surface area contributed by atoms with Crippen LogP contribution in [0.2, 0.25) is 0 Å². The third kappa shape index (κ3) is 3.09. The van der Waals surface area contributed by atoms with Gasteiger partial charge in [0.1, 0.15) is 5.69 Å². The van der Waals surface area contributed by atoms with Gasteiger partial charge >= 0.3 is 5.97 Å². The normalized spacial score (nSPS) is 10.7. The van der Waals surface area contributed by atoms with Gasteiger partial charge in [-0.3, -0.25) is 0 Å². The third-order valence-electron chi connectivity index (χ3n) is 2.51. The topological polar surface area (TPSA) is 80.0 Å². The van der Waals surface area contributed by atoms with Gasteiger partial charge in [0, 0.05) is 12.6 Å². The second kappa shape index (κ2) is 5.77. The Kier molecular flexibility index (Phi) is 4.05. The minimum absolute atomic E-state index is 0.0166. The molecule has 1 heterocycles. The number of aromatic carboxylic acids is 1. The van der Waals surface area contributed by atoms with Crippen molar-refractivity contribution in [2.24, 2.45) is 0 Å². The molecule has 112 valence electrons. The van der Waals surface area contributed by atoms with Gasteiger partial charge in [-0.1, -0.05) is 5.21 Å². The first-order valence-electron chi connectivity index (χ1n) is 5.60. The molecule has 0 amide bonds. The standard InChI is InChI=1S/C11H8F4N4O2/c12-5-3-6(13)9(15)10(8(5)14)16-1-2-19-4-7(11(20)21)17-18-19/h3-4,16H,1-2H2,(H,20,21). The van der Waals surface area contributed by atoms with Crippen molar-refractivity contribution >= 4 is 11.7 Å². The van der Waals surface area contributed by atoms with Crippen molar-refractivity contribution in [2.45, 2.75) is 6.54 Å². The summed E-state index contributed by atoms with van der Waals surface area (Å²) in [7, 11) is 0. The Labute approximate surface area is 115 Å². The highest BCUT2D eigenvalue weighted by molar-refractivity contribution is 5.84. The molecule has 6 nitrogen and oxygen atoms in total. The predicted octanol–water partition coefficient (Wildman–Crippen LogP) is 1.64. The summed E-state index contributed by atoms with van der Waals surface area (Å²) >= 11 is 0. The van der Waals surface area contributed by atoms with Crippen LogP contribution in [-0.2, 0) is 6.54 Å². The van der Waals surface area contributed by atoms with E-state index in [0.717, 1.165) is 10.9 Å². The molecule has 0 spiro atoms. The number of anilines is 1. The van der Waals surface area contributed by atoms with Crippen LogP contribution in [0.25, 0.3) is 0 Å². The van der Waals surface area contributed by atoms with E-state index < -0.39 is 34.9 Å². The first kappa shape index (κ1) is 14.8. The molecule has 0 radical (unpaired) electrons. The molecule has 0 unspecified atom stereocenters. The zero-order valence-corrected chi connectivity index (χ0v) is 10.3.